The number of thioether (sulfide) groups is 1. The predicted molar refractivity (Wildman–Crippen MR) is 68.1 cm³/mol. The van der Waals surface area contributed by atoms with Crippen LogP contribution in [0.4, 0.5) is 0 Å². The van der Waals surface area contributed by atoms with Gasteiger partial charge in [-0.15, -0.1) is 5.10 Å². The first-order chi connectivity index (χ1) is 8.39. The number of carbonyl (C=O) groups excluding carboxylic acids is 1. The first-order valence-electron chi connectivity index (χ1n) is 5.36. The molecule has 1 atom stereocenters. The molecule has 2 heterocycles. The highest BCUT2D eigenvalue weighted by molar-refractivity contribution is 8.00. The lowest BCUT2D eigenvalue weighted by molar-refractivity contribution is 0.0737. The van der Waals surface area contributed by atoms with E-state index in [2.05, 4.69) is 15.2 Å². The van der Waals surface area contributed by atoms with Crippen LogP contribution < -0.4 is 0 Å². The van der Waals surface area contributed by atoms with Crippen molar-refractivity contribution in [2.24, 2.45) is 0 Å². The molecule has 1 aliphatic rings. The fraction of sp³-hybridized carbons (Fsp3) is 0.667. The van der Waals surface area contributed by atoms with Gasteiger partial charge in [-0.2, -0.15) is 11.8 Å². The Morgan fingerprint density at radius 3 is 2.83 bits per heavy atom. The van der Waals surface area contributed by atoms with Gasteiger partial charge >= 0.3 is 0 Å². The van der Waals surface area contributed by atoms with Gasteiger partial charge in [-0.3, -0.25) is 9.89 Å². The van der Waals surface area contributed by atoms with Crippen molar-refractivity contribution >= 4 is 27.5 Å². The maximum absolute atomic E-state index is 12.2. The Labute approximate surface area is 109 Å². The molecule has 7 nitrogen and oxygen atoms in total. The third-order valence-electron chi connectivity index (χ3n) is 2.63. The standard InChI is InChI=1S/C9H14N4O3S2/c1-6-10-8(12-11-6)9(14)13-3-4-17-5-7(13)18(2,15)16/h7H,3-5H2,1-2H3,(H,10,11,12). The number of hydrogen-bond acceptors (Lipinski definition) is 6. The minimum absolute atomic E-state index is 0.0213. The maximum atomic E-state index is 12.2. The summed E-state index contributed by atoms with van der Waals surface area (Å²) in [7, 11) is -3.30. The summed E-state index contributed by atoms with van der Waals surface area (Å²) in [6, 6.07) is 0. The van der Waals surface area contributed by atoms with E-state index in [9.17, 15) is 13.2 Å². The zero-order valence-corrected chi connectivity index (χ0v) is 11.7. The van der Waals surface area contributed by atoms with E-state index >= 15 is 0 Å². The summed E-state index contributed by atoms with van der Waals surface area (Å²) < 4.78 is 23.4. The molecule has 1 saturated heterocycles. The van der Waals surface area contributed by atoms with Gasteiger partial charge in [0.25, 0.3) is 5.91 Å². The highest BCUT2D eigenvalue weighted by Gasteiger charge is 2.35. The summed E-state index contributed by atoms with van der Waals surface area (Å²) in [5.41, 5.74) is 0. The lowest BCUT2D eigenvalue weighted by Crippen LogP contribution is -2.50. The molecule has 1 fully saturated rings. The van der Waals surface area contributed by atoms with Crippen molar-refractivity contribution in [3.63, 3.8) is 0 Å². The quantitative estimate of drug-likeness (QED) is 0.801. The number of nitrogens with one attached hydrogen (secondary N) is 1. The monoisotopic (exact) mass is 290 g/mol. The molecule has 0 bridgehead atoms. The van der Waals surface area contributed by atoms with Crippen molar-refractivity contribution in [2.45, 2.75) is 12.3 Å². The Morgan fingerprint density at radius 1 is 1.56 bits per heavy atom. The van der Waals surface area contributed by atoms with Gasteiger partial charge in [0.1, 0.15) is 11.2 Å². The second-order valence-electron chi connectivity index (χ2n) is 4.10. The first-order valence-corrected chi connectivity index (χ1v) is 8.47. The minimum atomic E-state index is -3.30. The summed E-state index contributed by atoms with van der Waals surface area (Å²) in [6.07, 6.45) is 1.15. The lowest BCUT2D eigenvalue weighted by atomic mass is 10.4. The van der Waals surface area contributed by atoms with Crippen LogP contribution in [0.15, 0.2) is 0 Å². The van der Waals surface area contributed by atoms with Crippen LogP contribution in [0.1, 0.15) is 16.4 Å². The number of sulfone groups is 1. The molecule has 0 aromatic carbocycles. The summed E-state index contributed by atoms with van der Waals surface area (Å²) >= 11 is 1.53. The summed E-state index contributed by atoms with van der Waals surface area (Å²) in [5.74, 6) is 1.23. The van der Waals surface area contributed by atoms with E-state index in [-0.39, 0.29) is 5.82 Å². The molecule has 1 amide bonds. The Kier molecular flexibility index (Phi) is 3.62. The molecular formula is C9H14N4O3S2. The molecule has 18 heavy (non-hydrogen) atoms. The van der Waals surface area contributed by atoms with E-state index in [0.29, 0.717) is 18.1 Å². The highest BCUT2D eigenvalue weighted by Crippen LogP contribution is 2.21. The van der Waals surface area contributed by atoms with Crippen molar-refractivity contribution < 1.29 is 13.2 Å². The van der Waals surface area contributed by atoms with Gasteiger partial charge in [0.05, 0.1) is 0 Å². The number of carbonyl (C=O) groups is 1. The molecule has 0 radical (unpaired) electrons. The van der Waals surface area contributed by atoms with E-state index in [1.54, 1.807) is 6.92 Å². The normalized spacial score (nSPS) is 21.0. The summed E-state index contributed by atoms with van der Waals surface area (Å²) in [6.45, 7) is 2.08. The zero-order valence-electron chi connectivity index (χ0n) is 10.1. The predicted octanol–water partition coefficient (Wildman–Crippen LogP) is -0.327. The molecule has 1 aromatic rings. The van der Waals surface area contributed by atoms with Crippen molar-refractivity contribution in [1.29, 1.82) is 0 Å². The first kappa shape index (κ1) is 13.3. The Morgan fingerprint density at radius 2 is 2.28 bits per heavy atom. The Hall–Kier alpha value is -1.09. The molecule has 1 aromatic heterocycles. The summed E-state index contributed by atoms with van der Waals surface area (Å²) in [5, 5.41) is 5.57. The number of aromatic nitrogens is 3. The Balaban J connectivity index is 2.27. The molecular weight excluding hydrogens is 276 g/mol. The molecule has 0 spiro atoms. The molecule has 1 aliphatic heterocycles. The van der Waals surface area contributed by atoms with Crippen LogP contribution in [0.25, 0.3) is 0 Å². The molecule has 1 unspecified atom stereocenters. The van der Waals surface area contributed by atoms with Gasteiger partial charge < -0.3 is 4.90 Å². The van der Waals surface area contributed by atoms with Gasteiger partial charge in [-0.1, -0.05) is 0 Å². The van der Waals surface area contributed by atoms with E-state index in [1.165, 1.54) is 16.7 Å². The van der Waals surface area contributed by atoms with Crippen LogP contribution in [-0.2, 0) is 9.84 Å². The van der Waals surface area contributed by atoms with Crippen molar-refractivity contribution in [3.05, 3.63) is 11.6 Å². The third kappa shape index (κ3) is 2.66. The van der Waals surface area contributed by atoms with Gasteiger partial charge in [-0.05, 0) is 6.92 Å². The van der Waals surface area contributed by atoms with Gasteiger partial charge in [0.15, 0.2) is 9.84 Å². The van der Waals surface area contributed by atoms with Crippen molar-refractivity contribution in [1.82, 2.24) is 20.1 Å². The van der Waals surface area contributed by atoms with Crippen molar-refractivity contribution in [2.75, 3.05) is 24.3 Å². The number of H-pyrrole nitrogens is 1. The lowest BCUT2D eigenvalue weighted by Gasteiger charge is -2.33. The van der Waals surface area contributed by atoms with Gasteiger partial charge in [-0.25, -0.2) is 13.4 Å². The SMILES string of the molecule is Cc1nc(C(=O)N2CCSCC2S(C)(=O)=O)n[nH]1. The average Bonchev–Trinajstić information content (AvgIpc) is 2.74. The molecule has 0 saturated carbocycles. The van der Waals surface area contributed by atoms with Crippen LogP contribution in [0.3, 0.4) is 0 Å². The maximum Gasteiger partial charge on any atom is 0.294 e. The van der Waals surface area contributed by atoms with Crippen LogP contribution in [0.2, 0.25) is 0 Å². The smallest absolute Gasteiger partial charge is 0.294 e. The summed E-state index contributed by atoms with van der Waals surface area (Å²) in [4.78, 5) is 17.5. The topological polar surface area (TPSA) is 96.0 Å². The number of nitrogens with zero attached hydrogens (tertiary/aromatic N) is 3. The minimum Gasteiger partial charge on any atom is -0.317 e. The van der Waals surface area contributed by atoms with Crippen LogP contribution >= 0.6 is 11.8 Å². The van der Waals surface area contributed by atoms with E-state index in [4.69, 9.17) is 0 Å². The molecule has 100 valence electrons. The van der Waals surface area contributed by atoms with Gasteiger partial charge in [0, 0.05) is 24.3 Å². The van der Waals surface area contributed by atoms with Crippen molar-refractivity contribution in [3.8, 4) is 0 Å². The number of rotatable bonds is 2. The van der Waals surface area contributed by atoms with E-state index in [1.807, 2.05) is 0 Å². The molecule has 1 N–H and O–H groups in total. The fourth-order valence-corrected chi connectivity index (χ4v) is 4.55. The molecule has 9 heteroatoms. The highest BCUT2D eigenvalue weighted by atomic mass is 32.2. The second-order valence-corrected chi connectivity index (χ2v) is 7.46. The second kappa shape index (κ2) is 4.88. The molecule has 0 aliphatic carbocycles. The Bertz CT molecular complexity index is 554. The van der Waals surface area contributed by atoms with E-state index in [0.717, 1.165) is 12.0 Å². The largest absolute Gasteiger partial charge is 0.317 e. The van der Waals surface area contributed by atoms with E-state index < -0.39 is 21.1 Å². The zero-order chi connectivity index (χ0) is 13.3. The number of aromatic amines is 1. The van der Waals surface area contributed by atoms with Crippen LogP contribution in [0, 0.1) is 6.92 Å². The third-order valence-corrected chi connectivity index (χ3v) is 5.27. The number of aryl methyl sites for hydroxylation is 1. The number of amides is 1. The van der Waals surface area contributed by atoms with Gasteiger partial charge in [0.2, 0.25) is 5.82 Å². The number of hydrogen-bond donors (Lipinski definition) is 1. The van der Waals surface area contributed by atoms with Crippen LogP contribution in [0.5, 0.6) is 0 Å². The average molecular weight is 290 g/mol. The molecule has 2 rings (SSSR count). The van der Waals surface area contributed by atoms with Crippen LogP contribution in [-0.4, -0.2) is 64.1 Å². The fourth-order valence-electron chi connectivity index (χ4n) is 1.73.